The summed E-state index contributed by atoms with van der Waals surface area (Å²) < 4.78 is 1.25. The summed E-state index contributed by atoms with van der Waals surface area (Å²) in [5, 5.41) is 14.8. The number of pyridine rings is 2. The van der Waals surface area contributed by atoms with Crippen molar-refractivity contribution >= 4 is 38.1 Å². The maximum Gasteiger partial charge on any atom is 0.164 e. The van der Waals surface area contributed by atoms with Gasteiger partial charge in [0.1, 0.15) is 5.76 Å². The molecule has 0 atom stereocenters. The molecule has 0 unspecified atom stereocenters. The average molecular weight is 882 g/mol. The van der Waals surface area contributed by atoms with E-state index in [9.17, 15) is 9.90 Å². The summed E-state index contributed by atoms with van der Waals surface area (Å²) >= 11 is 1.80. The number of aromatic nitrogens is 2. The molecule has 275 valence electrons. The second kappa shape index (κ2) is 17.6. The van der Waals surface area contributed by atoms with Crippen LogP contribution in [-0.2, 0) is 36.7 Å². The van der Waals surface area contributed by atoms with E-state index in [1.807, 2.05) is 53.9 Å². The van der Waals surface area contributed by atoms with E-state index in [0.717, 1.165) is 54.3 Å². The third kappa shape index (κ3) is 9.63. The SMILES string of the molecule is CC(C)Cc1csc2c(-c3ccnc(-c4[c-]c5ccccc5c(C(C)(C)C)c4)c3)ccnc12.CCC(C)(CC)C(=O)/C=C(\O)C(C)(CC)CC.[Ir]. The van der Waals surface area contributed by atoms with Gasteiger partial charge in [0, 0.05) is 60.7 Å². The first-order valence-electron chi connectivity index (χ1n) is 18.3. The van der Waals surface area contributed by atoms with E-state index in [1.165, 1.54) is 38.4 Å². The number of carbonyl (C=O) groups is 1. The smallest absolute Gasteiger partial charge is 0.164 e. The van der Waals surface area contributed by atoms with E-state index in [0.29, 0.717) is 5.92 Å². The molecule has 0 saturated heterocycles. The number of ketones is 1. The number of nitrogens with zero attached hydrogens (tertiary/aromatic N) is 2. The van der Waals surface area contributed by atoms with E-state index in [1.54, 1.807) is 11.3 Å². The van der Waals surface area contributed by atoms with Crippen LogP contribution in [0.3, 0.4) is 0 Å². The first-order valence-corrected chi connectivity index (χ1v) is 19.2. The zero-order valence-electron chi connectivity index (χ0n) is 32.5. The van der Waals surface area contributed by atoms with Gasteiger partial charge in [0.25, 0.3) is 0 Å². The van der Waals surface area contributed by atoms with Crippen LogP contribution in [0.15, 0.2) is 78.1 Å². The molecule has 0 bridgehead atoms. The molecule has 3 aromatic heterocycles. The van der Waals surface area contributed by atoms with Crippen molar-refractivity contribution in [2.75, 3.05) is 0 Å². The van der Waals surface area contributed by atoms with E-state index >= 15 is 0 Å². The predicted molar refractivity (Wildman–Crippen MR) is 215 cm³/mol. The van der Waals surface area contributed by atoms with E-state index in [2.05, 4.69) is 94.6 Å². The van der Waals surface area contributed by atoms with Crippen LogP contribution >= 0.6 is 11.3 Å². The summed E-state index contributed by atoms with van der Waals surface area (Å²) in [6, 6.07) is 20.8. The third-order valence-electron chi connectivity index (χ3n) is 10.7. The topological polar surface area (TPSA) is 63.1 Å². The van der Waals surface area contributed by atoms with Crippen LogP contribution in [0, 0.1) is 22.8 Å². The first kappa shape index (κ1) is 42.2. The second-order valence-electron chi connectivity index (χ2n) is 15.6. The van der Waals surface area contributed by atoms with Gasteiger partial charge < -0.3 is 5.11 Å². The molecule has 1 N–H and O–H groups in total. The summed E-state index contributed by atoms with van der Waals surface area (Å²) in [6.07, 6.45) is 9.66. The molecule has 0 fully saturated rings. The van der Waals surface area contributed by atoms with Gasteiger partial charge in [-0.1, -0.05) is 111 Å². The number of thiophene rings is 1. The Bertz CT molecular complexity index is 1960. The minimum absolute atomic E-state index is 0. The predicted octanol–water partition coefficient (Wildman–Crippen LogP) is 13.1. The molecule has 4 nitrogen and oxygen atoms in total. The van der Waals surface area contributed by atoms with Crippen molar-refractivity contribution in [3.63, 3.8) is 0 Å². The molecular weight excluding hydrogens is 825 g/mol. The van der Waals surface area contributed by atoms with Crippen LogP contribution in [-0.4, -0.2) is 20.9 Å². The summed E-state index contributed by atoms with van der Waals surface area (Å²) in [5.74, 6) is 0.898. The largest absolute Gasteiger partial charge is 0.512 e. The molecular formula is C45H57IrN2O2S-. The summed E-state index contributed by atoms with van der Waals surface area (Å²) in [4.78, 5) is 21.6. The maximum atomic E-state index is 12.2. The molecule has 2 aromatic carbocycles. The van der Waals surface area contributed by atoms with Gasteiger partial charge in [0.05, 0.1) is 10.2 Å². The Kier molecular flexibility index (Phi) is 14.5. The van der Waals surface area contributed by atoms with Gasteiger partial charge in [-0.15, -0.1) is 40.5 Å². The molecule has 0 spiro atoms. The van der Waals surface area contributed by atoms with Crippen LogP contribution in [0.5, 0.6) is 0 Å². The fourth-order valence-corrected chi connectivity index (χ4v) is 7.29. The van der Waals surface area contributed by atoms with Crippen LogP contribution in [0.1, 0.15) is 113 Å². The van der Waals surface area contributed by atoms with Crippen molar-refractivity contribution in [1.29, 1.82) is 0 Å². The summed E-state index contributed by atoms with van der Waals surface area (Å²) in [5.41, 5.74) is 7.61. The Balaban J connectivity index is 0.000000335. The number of aliphatic hydroxyl groups excluding tert-OH is 1. The normalized spacial score (nSPS) is 12.5. The van der Waals surface area contributed by atoms with Gasteiger partial charge in [-0.25, -0.2) is 0 Å². The van der Waals surface area contributed by atoms with Crippen molar-refractivity contribution in [3.05, 3.63) is 95.3 Å². The quantitative estimate of drug-likeness (QED) is 0.0815. The summed E-state index contributed by atoms with van der Waals surface area (Å²) in [7, 11) is 0. The summed E-state index contributed by atoms with van der Waals surface area (Å²) in [6.45, 7) is 23.4. The fourth-order valence-electron chi connectivity index (χ4n) is 6.21. The van der Waals surface area contributed by atoms with Crippen LogP contribution in [0.25, 0.3) is 43.4 Å². The Labute approximate surface area is 324 Å². The van der Waals surface area contributed by atoms with Crippen molar-refractivity contribution in [3.8, 4) is 22.4 Å². The molecule has 5 rings (SSSR count). The number of hydrogen-bond acceptors (Lipinski definition) is 5. The van der Waals surface area contributed by atoms with Crippen LogP contribution < -0.4 is 0 Å². The Morgan fingerprint density at radius 1 is 0.882 bits per heavy atom. The number of carbonyl (C=O) groups excluding carboxylic acids is 1. The molecule has 0 aliphatic carbocycles. The minimum Gasteiger partial charge on any atom is -0.512 e. The number of allylic oxidation sites excluding steroid dienone is 2. The third-order valence-corrected chi connectivity index (χ3v) is 11.7. The Morgan fingerprint density at radius 2 is 1.51 bits per heavy atom. The van der Waals surface area contributed by atoms with Crippen molar-refractivity contribution in [2.45, 2.75) is 114 Å². The maximum absolute atomic E-state index is 12.2. The van der Waals surface area contributed by atoms with E-state index < -0.39 is 0 Å². The molecule has 0 amide bonds. The molecule has 51 heavy (non-hydrogen) atoms. The molecule has 1 radical (unpaired) electrons. The molecule has 5 aromatic rings. The first-order chi connectivity index (χ1) is 23.6. The van der Waals surface area contributed by atoms with Gasteiger partial charge in [0.15, 0.2) is 5.78 Å². The van der Waals surface area contributed by atoms with E-state index in [-0.39, 0.29) is 47.9 Å². The molecule has 6 heteroatoms. The van der Waals surface area contributed by atoms with Crippen molar-refractivity contribution < 1.29 is 30.0 Å². The monoisotopic (exact) mass is 882 g/mol. The number of fused-ring (bicyclic) bond motifs is 2. The van der Waals surface area contributed by atoms with Crippen molar-refractivity contribution in [1.82, 2.24) is 9.97 Å². The van der Waals surface area contributed by atoms with Gasteiger partial charge in [-0.3, -0.25) is 14.8 Å². The number of hydrogen-bond donors (Lipinski definition) is 1. The second-order valence-corrected chi connectivity index (χ2v) is 16.5. The standard InChI is InChI=1S/C30H29N2S.C15H28O2.Ir/c1-19(2)14-23-18-33-29-25(11-13-32-28(23)29)21-10-12-31-27(17-21)22-15-20-8-6-7-9-24(20)26(16-22)30(3,4)5;1-7-14(5,8-2)12(16)11-13(17)15(6,9-3)10-4;/h6-13,16-19H,14H2,1-5H3;11,16H,7-10H2,1-6H3;/q-1;;/b;12-11-;. The van der Waals surface area contributed by atoms with Crippen LogP contribution in [0.2, 0.25) is 0 Å². The zero-order valence-corrected chi connectivity index (χ0v) is 35.7. The molecule has 0 aliphatic heterocycles. The fraction of sp³-hybridized carbons (Fsp3) is 0.444. The minimum atomic E-state index is -0.337. The Morgan fingerprint density at radius 3 is 2.12 bits per heavy atom. The van der Waals surface area contributed by atoms with Crippen molar-refractivity contribution in [2.24, 2.45) is 16.7 Å². The van der Waals surface area contributed by atoms with E-state index in [4.69, 9.17) is 9.97 Å². The number of benzene rings is 2. The molecule has 0 saturated carbocycles. The zero-order chi connectivity index (χ0) is 36.9. The number of rotatable bonds is 11. The van der Waals surface area contributed by atoms with Crippen LogP contribution in [0.4, 0.5) is 0 Å². The van der Waals surface area contributed by atoms with Gasteiger partial charge in [0.2, 0.25) is 0 Å². The van der Waals surface area contributed by atoms with Gasteiger partial charge >= 0.3 is 0 Å². The Hall–Kier alpha value is -3.18. The average Bonchev–Trinajstić information content (AvgIpc) is 3.52. The molecule has 0 aliphatic rings. The van der Waals surface area contributed by atoms with Gasteiger partial charge in [-0.05, 0) is 72.1 Å². The number of aliphatic hydroxyl groups is 1. The van der Waals surface area contributed by atoms with Gasteiger partial charge in [-0.2, -0.15) is 0 Å². The molecule has 3 heterocycles.